The molecular weight excluding hydrogens is 288 g/mol. The van der Waals surface area contributed by atoms with E-state index in [0.29, 0.717) is 24.2 Å². The summed E-state index contributed by atoms with van der Waals surface area (Å²) < 4.78 is 0. The smallest absolute Gasteiger partial charge is 0.317 e. The molecule has 4 fully saturated rings. The van der Waals surface area contributed by atoms with Gasteiger partial charge in [-0.1, -0.05) is 6.42 Å². The molecule has 2 bridgehead atoms. The Morgan fingerprint density at radius 2 is 1.61 bits per heavy atom. The van der Waals surface area contributed by atoms with E-state index in [1.807, 2.05) is 0 Å². The first kappa shape index (κ1) is 15.7. The van der Waals surface area contributed by atoms with E-state index in [1.165, 1.54) is 45.2 Å². The molecule has 23 heavy (non-hydrogen) atoms. The van der Waals surface area contributed by atoms with Gasteiger partial charge in [0, 0.05) is 37.3 Å². The van der Waals surface area contributed by atoms with Crippen molar-refractivity contribution >= 4 is 6.03 Å². The molecule has 3 unspecified atom stereocenters. The minimum absolute atomic E-state index is 0.194. The second-order valence-corrected chi connectivity index (χ2v) is 8.15. The number of nitrogens with zero attached hydrogens (tertiary/aromatic N) is 3. The molecule has 0 aromatic carbocycles. The Hall–Kier alpha value is -0.810. The maximum absolute atomic E-state index is 12.7. The molecule has 3 atom stereocenters. The topological polar surface area (TPSA) is 38.8 Å². The van der Waals surface area contributed by atoms with Crippen LogP contribution in [0.5, 0.6) is 0 Å². The first-order valence-corrected chi connectivity index (χ1v) is 9.72. The van der Waals surface area contributed by atoms with Gasteiger partial charge in [0.05, 0.1) is 0 Å². The van der Waals surface area contributed by atoms with Crippen molar-refractivity contribution in [1.82, 2.24) is 20.0 Å². The van der Waals surface area contributed by atoms with E-state index in [-0.39, 0.29) is 6.03 Å². The Balaban J connectivity index is 1.29. The van der Waals surface area contributed by atoms with Crippen molar-refractivity contribution in [3.63, 3.8) is 0 Å². The van der Waals surface area contributed by atoms with Gasteiger partial charge in [0.1, 0.15) is 0 Å². The predicted molar refractivity (Wildman–Crippen MR) is 91.5 cm³/mol. The molecule has 4 heterocycles. The minimum atomic E-state index is 0.194. The first-order valence-electron chi connectivity index (χ1n) is 9.72. The summed E-state index contributed by atoms with van der Waals surface area (Å²) in [6, 6.07) is 2.56. The summed E-state index contributed by atoms with van der Waals surface area (Å²) >= 11 is 0. The van der Waals surface area contributed by atoms with Crippen LogP contribution in [0.1, 0.15) is 51.4 Å². The van der Waals surface area contributed by atoms with Crippen molar-refractivity contribution in [3.05, 3.63) is 0 Å². The highest BCUT2D eigenvalue weighted by atomic mass is 16.2. The molecule has 0 aromatic rings. The highest BCUT2D eigenvalue weighted by Crippen LogP contribution is 2.32. The molecule has 0 spiro atoms. The number of likely N-dealkylation sites (tertiary alicyclic amines) is 2. The molecule has 4 saturated heterocycles. The molecule has 130 valence electrons. The number of hydrogen-bond donors (Lipinski definition) is 1. The molecular formula is C18H32N4O. The van der Waals surface area contributed by atoms with E-state index >= 15 is 0 Å². The van der Waals surface area contributed by atoms with Gasteiger partial charge in [-0.3, -0.25) is 4.90 Å². The fourth-order valence-electron chi connectivity index (χ4n) is 5.33. The molecule has 4 aliphatic heterocycles. The number of fused-ring (bicyclic) bond motifs is 2. The Bertz CT molecular complexity index is 423. The summed E-state index contributed by atoms with van der Waals surface area (Å²) in [5, 5.41) is 3.36. The van der Waals surface area contributed by atoms with Crippen molar-refractivity contribution in [2.24, 2.45) is 0 Å². The lowest BCUT2D eigenvalue weighted by Crippen LogP contribution is -2.56. The Labute approximate surface area is 140 Å². The lowest BCUT2D eigenvalue weighted by Gasteiger charge is -2.47. The second kappa shape index (κ2) is 6.60. The van der Waals surface area contributed by atoms with Gasteiger partial charge in [-0.05, 0) is 65.1 Å². The normalized spacial score (nSPS) is 38.9. The van der Waals surface area contributed by atoms with Gasteiger partial charge in [-0.25, -0.2) is 4.79 Å². The van der Waals surface area contributed by atoms with Gasteiger partial charge >= 0.3 is 6.03 Å². The molecule has 0 radical (unpaired) electrons. The fraction of sp³-hybridized carbons (Fsp3) is 0.944. The monoisotopic (exact) mass is 320 g/mol. The average molecular weight is 320 g/mol. The molecule has 1 N–H and O–H groups in total. The van der Waals surface area contributed by atoms with Crippen molar-refractivity contribution in [2.75, 3.05) is 33.2 Å². The summed E-state index contributed by atoms with van der Waals surface area (Å²) in [5.74, 6) is 0. The quantitative estimate of drug-likeness (QED) is 0.844. The minimum Gasteiger partial charge on any atom is -0.335 e. The van der Waals surface area contributed by atoms with Crippen LogP contribution in [0.15, 0.2) is 0 Å². The standard InChI is InChI=1S/C18H32N4O/c1-20-15-5-4-6-16(20)12-14(11-15)19-18(23)22-10-7-17(13-22)21-8-2-3-9-21/h14-17H,2-13H2,1H3,(H,19,23). The van der Waals surface area contributed by atoms with Crippen LogP contribution in [-0.2, 0) is 0 Å². The van der Waals surface area contributed by atoms with E-state index in [2.05, 4.69) is 27.1 Å². The summed E-state index contributed by atoms with van der Waals surface area (Å²) in [7, 11) is 2.27. The Morgan fingerprint density at radius 1 is 0.913 bits per heavy atom. The number of hydrogen-bond acceptors (Lipinski definition) is 3. The van der Waals surface area contributed by atoms with Crippen LogP contribution >= 0.6 is 0 Å². The van der Waals surface area contributed by atoms with Crippen LogP contribution < -0.4 is 5.32 Å². The molecule has 4 aliphatic rings. The number of urea groups is 1. The number of amides is 2. The molecule has 0 saturated carbocycles. The van der Waals surface area contributed by atoms with Gasteiger partial charge in [-0.2, -0.15) is 0 Å². The van der Waals surface area contributed by atoms with Crippen LogP contribution in [0.4, 0.5) is 4.79 Å². The maximum atomic E-state index is 12.7. The third-order valence-corrected chi connectivity index (χ3v) is 6.78. The predicted octanol–water partition coefficient (Wildman–Crippen LogP) is 1.88. The highest BCUT2D eigenvalue weighted by molar-refractivity contribution is 5.75. The summed E-state index contributed by atoms with van der Waals surface area (Å²) in [6.07, 6.45) is 10.1. The SMILES string of the molecule is CN1C2CCCC1CC(NC(=O)N1CCC(N3CCCC3)C1)C2. The van der Waals surface area contributed by atoms with E-state index in [9.17, 15) is 4.79 Å². The van der Waals surface area contributed by atoms with Crippen molar-refractivity contribution < 1.29 is 4.79 Å². The van der Waals surface area contributed by atoms with E-state index < -0.39 is 0 Å². The average Bonchev–Trinajstić information content (AvgIpc) is 3.19. The van der Waals surface area contributed by atoms with Crippen molar-refractivity contribution in [2.45, 2.75) is 75.5 Å². The van der Waals surface area contributed by atoms with Crippen molar-refractivity contribution in [3.8, 4) is 0 Å². The molecule has 5 heteroatoms. The molecule has 5 nitrogen and oxygen atoms in total. The zero-order valence-electron chi connectivity index (χ0n) is 14.5. The third kappa shape index (κ3) is 3.22. The largest absolute Gasteiger partial charge is 0.335 e. The summed E-state index contributed by atoms with van der Waals surface area (Å²) in [6.45, 7) is 4.34. The van der Waals surface area contributed by atoms with Crippen LogP contribution in [0.2, 0.25) is 0 Å². The molecule has 4 rings (SSSR count). The van der Waals surface area contributed by atoms with Crippen LogP contribution in [-0.4, -0.2) is 78.1 Å². The number of carbonyl (C=O) groups excluding carboxylic acids is 1. The van der Waals surface area contributed by atoms with E-state index in [1.54, 1.807) is 0 Å². The fourth-order valence-corrected chi connectivity index (χ4v) is 5.33. The number of rotatable bonds is 2. The Morgan fingerprint density at radius 3 is 2.30 bits per heavy atom. The summed E-state index contributed by atoms with van der Waals surface area (Å²) in [5.41, 5.74) is 0. The number of piperidine rings is 2. The summed E-state index contributed by atoms with van der Waals surface area (Å²) in [4.78, 5) is 19.9. The zero-order valence-corrected chi connectivity index (χ0v) is 14.5. The number of nitrogens with one attached hydrogen (secondary N) is 1. The van der Waals surface area contributed by atoms with Crippen LogP contribution in [0, 0.1) is 0 Å². The molecule has 0 aliphatic carbocycles. The first-order chi connectivity index (χ1) is 11.2. The third-order valence-electron chi connectivity index (χ3n) is 6.78. The lowest BCUT2D eigenvalue weighted by atomic mass is 9.82. The molecule has 0 aromatic heterocycles. The lowest BCUT2D eigenvalue weighted by molar-refractivity contribution is 0.0496. The van der Waals surface area contributed by atoms with E-state index in [0.717, 1.165) is 32.4 Å². The van der Waals surface area contributed by atoms with Gasteiger partial charge in [-0.15, -0.1) is 0 Å². The molecule has 2 amide bonds. The van der Waals surface area contributed by atoms with Gasteiger partial charge in [0.2, 0.25) is 0 Å². The maximum Gasteiger partial charge on any atom is 0.317 e. The highest BCUT2D eigenvalue weighted by Gasteiger charge is 2.38. The van der Waals surface area contributed by atoms with Crippen LogP contribution in [0.3, 0.4) is 0 Å². The Kier molecular flexibility index (Phi) is 4.50. The van der Waals surface area contributed by atoms with Gasteiger partial charge < -0.3 is 15.1 Å². The van der Waals surface area contributed by atoms with Gasteiger partial charge in [0.15, 0.2) is 0 Å². The van der Waals surface area contributed by atoms with E-state index in [4.69, 9.17) is 0 Å². The van der Waals surface area contributed by atoms with Crippen molar-refractivity contribution in [1.29, 1.82) is 0 Å². The van der Waals surface area contributed by atoms with Crippen LogP contribution in [0.25, 0.3) is 0 Å². The second-order valence-electron chi connectivity index (χ2n) is 8.15. The van der Waals surface area contributed by atoms with Gasteiger partial charge in [0.25, 0.3) is 0 Å². The number of carbonyl (C=O) groups is 1. The zero-order chi connectivity index (χ0) is 15.8.